The van der Waals surface area contributed by atoms with E-state index in [1.165, 1.54) is 11.1 Å². The lowest BCUT2D eigenvalue weighted by molar-refractivity contribution is -0.135. The summed E-state index contributed by atoms with van der Waals surface area (Å²) in [7, 11) is 3.20. The fourth-order valence-electron chi connectivity index (χ4n) is 5.94. The number of fused-ring (bicyclic) bond motifs is 4. The summed E-state index contributed by atoms with van der Waals surface area (Å²) in [5, 5.41) is 0. The molecule has 3 heterocycles. The summed E-state index contributed by atoms with van der Waals surface area (Å²) >= 11 is 0. The number of esters is 1. The molecule has 8 heteroatoms. The first kappa shape index (κ1) is 27.6. The van der Waals surface area contributed by atoms with Crippen molar-refractivity contribution in [3.05, 3.63) is 112 Å². The zero-order valence-corrected chi connectivity index (χ0v) is 24.4. The van der Waals surface area contributed by atoms with Gasteiger partial charge in [0.15, 0.2) is 17.3 Å². The molecule has 8 nitrogen and oxygen atoms in total. The van der Waals surface area contributed by atoms with E-state index in [4.69, 9.17) is 28.4 Å². The average molecular weight is 591 g/mol. The molecule has 1 atom stereocenters. The Bertz CT molecular complexity index is 1800. The maximum atomic E-state index is 13.4. The van der Waals surface area contributed by atoms with Crippen molar-refractivity contribution in [2.75, 3.05) is 27.4 Å². The van der Waals surface area contributed by atoms with E-state index in [2.05, 4.69) is 12.1 Å². The van der Waals surface area contributed by atoms with Gasteiger partial charge in [-0.2, -0.15) is 0 Å². The van der Waals surface area contributed by atoms with E-state index in [-0.39, 0.29) is 23.9 Å². The van der Waals surface area contributed by atoms with Crippen LogP contribution in [0.25, 0.3) is 6.08 Å². The number of ether oxygens (including phenoxy) is 6. The Labute approximate surface area is 254 Å². The summed E-state index contributed by atoms with van der Waals surface area (Å²) in [5.41, 5.74) is 5.10. The van der Waals surface area contributed by atoms with Crippen LogP contribution in [0.3, 0.4) is 0 Å². The van der Waals surface area contributed by atoms with Crippen molar-refractivity contribution in [2.45, 2.75) is 25.2 Å². The van der Waals surface area contributed by atoms with Crippen LogP contribution in [0.2, 0.25) is 0 Å². The standard InChI is InChI=1S/C36H30O8/c1-39-25-7-3-21(4-8-25)18-32-35(38)26-9-12-30-34(36(26)44-32)27(20-33(37)43-30)23-6-11-29(40-2)31(19-23)42-15-13-22-5-10-28-24(17-22)14-16-41-28/h3-12,17-19,27H,13-16,20H2,1-2H3. The summed E-state index contributed by atoms with van der Waals surface area (Å²) in [5.74, 6) is 2.80. The number of hydrogen-bond donors (Lipinski definition) is 0. The highest BCUT2D eigenvalue weighted by atomic mass is 16.5. The smallest absolute Gasteiger partial charge is 0.312 e. The molecule has 4 aromatic rings. The van der Waals surface area contributed by atoms with Crippen molar-refractivity contribution in [3.8, 4) is 34.5 Å². The van der Waals surface area contributed by atoms with Crippen LogP contribution in [0.15, 0.2) is 78.6 Å². The largest absolute Gasteiger partial charge is 0.497 e. The molecule has 7 rings (SSSR count). The van der Waals surface area contributed by atoms with Gasteiger partial charge in [-0.05, 0) is 70.8 Å². The number of rotatable bonds is 8. The number of allylic oxidation sites excluding steroid dienone is 1. The van der Waals surface area contributed by atoms with Gasteiger partial charge >= 0.3 is 5.97 Å². The number of hydrogen-bond acceptors (Lipinski definition) is 8. The topological polar surface area (TPSA) is 89.5 Å². The van der Waals surface area contributed by atoms with Gasteiger partial charge in [-0.3, -0.25) is 9.59 Å². The van der Waals surface area contributed by atoms with Crippen molar-refractivity contribution < 1.29 is 38.0 Å². The molecule has 3 aliphatic rings. The van der Waals surface area contributed by atoms with Crippen LogP contribution in [-0.4, -0.2) is 39.2 Å². The number of Topliss-reactive ketones (excluding diaryl/α,β-unsaturated/α-hetero) is 1. The number of carbonyl (C=O) groups excluding carboxylic acids is 2. The van der Waals surface area contributed by atoms with Gasteiger partial charge in [0.25, 0.3) is 0 Å². The molecule has 0 saturated heterocycles. The van der Waals surface area contributed by atoms with Gasteiger partial charge in [0.1, 0.15) is 23.0 Å². The Morgan fingerprint density at radius 2 is 1.70 bits per heavy atom. The van der Waals surface area contributed by atoms with E-state index < -0.39 is 5.92 Å². The summed E-state index contributed by atoms with van der Waals surface area (Å²) in [6.45, 7) is 1.16. The lowest BCUT2D eigenvalue weighted by atomic mass is 9.84. The maximum absolute atomic E-state index is 13.4. The average Bonchev–Trinajstić information content (AvgIpc) is 3.64. The van der Waals surface area contributed by atoms with Gasteiger partial charge < -0.3 is 28.4 Å². The molecule has 3 aliphatic heterocycles. The van der Waals surface area contributed by atoms with Gasteiger partial charge in [0, 0.05) is 24.3 Å². The van der Waals surface area contributed by atoms with Crippen molar-refractivity contribution >= 4 is 17.8 Å². The predicted octanol–water partition coefficient (Wildman–Crippen LogP) is 6.32. The fourth-order valence-corrected chi connectivity index (χ4v) is 5.94. The zero-order valence-electron chi connectivity index (χ0n) is 24.4. The third-order valence-corrected chi connectivity index (χ3v) is 8.19. The molecule has 1 unspecified atom stereocenters. The normalized spacial score (nSPS) is 17.2. The lowest BCUT2D eigenvalue weighted by Crippen LogP contribution is -2.21. The molecule has 0 saturated carbocycles. The van der Waals surface area contributed by atoms with Gasteiger partial charge in [-0.1, -0.05) is 30.3 Å². The van der Waals surface area contributed by atoms with E-state index in [1.807, 2.05) is 48.5 Å². The Balaban J connectivity index is 1.17. The van der Waals surface area contributed by atoms with Crippen molar-refractivity contribution in [3.63, 3.8) is 0 Å². The molecule has 0 N–H and O–H groups in total. The molecule has 4 aromatic carbocycles. The SMILES string of the molecule is COc1ccc(C=C2Oc3c(ccc4c3C(c3ccc(OC)c(OCCc5ccc6c(c5)CCO6)c3)CC(=O)O4)C2=O)cc1. The predicted molar refractivity (Wildman–Crippen MR) is 162 cm³/mol. The highest BCUT2D eigenvalue weighted by molar-refractivity contribution is 6.15. The second-order valence-corrected chi connectivity index (χ2v) is 10.8. The molecule has 0 aliphatic carbocycles. The van der Waals surface area contributed by atoms with E-state index in [1.54, 1.807) is 32.4 Å². The number of carbonyl (C=O) groups is 2. The summed E-state index contributed by atoms with van der Waals surface area (Å²) in [6.07, 6.45) is 3.42. The molecule has 222 valence electrons. The highest BCUT2D eigenvalue weighted by Gasteiger charge is 2.38. The minimum absolute atomic E-state index is 0.0848. The summed E-state index contributed by atoms with van der Waals surface area (Å²) < 4.78 is 34.5. The number of benzene rings is 4. The Kier molecular flexibility index (Phi) is 7.18. The van der Waals surface area contributed by atoms with Gasteiger partial charge in [0.05, 0.1) is 39.4 Å². The van der Waals surface area contributed by atoms with E-state index in [0.717, 1.165) is 29.9 Å². The molecule has 0 aromatic heterocycles. The van der Waals surface area contributed by atoms with Crippen LogP contribution < -0.4 is 28.4 Å². The molecule has 44 heavy (non-hydrogen) atoms. The van der Waals surface area contributed by atoms with E-state index in [0.29, 0.717) is 52.9 Å². The van der Waals surface area contributed by atoms with Crippen molar-refractivity contribution in [1.82, 2.24) is 0 Å². The molecule has 0 spiro atoms. The number of ketones is 1. The first-order valence-corrected chi connectivity index (χ1v) is 14.5. The monoisotopic (exact) mass is 590 g/mol. The Hall–Kier alpha value is -5.24. The number of methoxy groups -OCH3 is 2. The van der Waals surface area contributed by atoms with Crippen molar-refractivity contribution in [2.24, 2.45) is 0 Å². The van der Waals surface area contributed by atoms with Crippen LogP contribution >= 0.6 is 0 Å². The molecule has 0 fully saturated rings. The second kappa shape index (κ2) is 11.4. The first-order valence-electron chi connectivity index (χ1n) is 14.5. The summed E-state index contributed by atoms with van der Waals surface area (Å²) in [4.78, 5) is 26.1. The Morgan fingerprint density at radius 1 is 0.864 bits per heavy atom. The fraction of sp³-hybridized carbons (Fsp3) is 0.222. The minimum Gasteiger partial charge on any atom is -0.497 e. The van der Waals surface area contributed by atoms with E-state index in [9.17, 15) is 9.59 Å². The van der Waals surface area contributed by atoms with Crippen LogP contribution in [0.5, 0.6) is 34.5 Å². The second-order valence-electron chi connectivity index (χ2n) is 10.8. The van der Waals surface area contributed by atoms with Crippen LogP contribution in [0, 0.1) is 0 Å². The van der Waals surface area contributed by atoms with Gasteiger partial charge in [-0.15, -0.1) is 0 Å². The van der Waals surface area contributed by atoms with Gasteiger partial charge in [0.2, 0.25) is 5.78 Å². The third kappa shape index (κ3) is 5.13. The minimum atomic E-state index is -0.417. The van der Waals surface area contributed by atoms with Crippen LogP contribution in [-0.2, 0) is 17.6 Å². The zero-order chi connectivity index (χ0) is 30.2. The van der Waals surface area contributed by atoms with Crippen LogP contribution in [0.1, 0.15) is 50.5 Å². The molecule has 0 radical (unpaired) electrons. The third-order valence-electron chi connectivity index (χ3n) is 8.19. The Morgan fingerprint density at radius 3 is 2.52 bits per heavy atom. The summed E-state index contributed by atoms with van der Waals surface area (Å²) in [6, 6.07) is 22.5. The molecular formula is C36H30O8. The quantitative estimate of drug-likeness (QED) is 0.134. The van der Waals surface area contributed by atoms with Gasteiger partial charge in [-0.25, -0.2) is 0 Å². The molecular weight excluding hydrogens is 560 g/mol. The molecule has 0 amide bonds. The maximum Gasteiger partial charge on any atom is 0.312 e. The highest BCUT2D eigenvalue weighted by Crippen LogP contribution is 2.50. The van der Waals surface area contributed by atoms with Crippen molar-refractivity contribution in [1.29, 1.82) is 0 Å². The molecule has 0 bridgehead atoms. The van der Waals surface area contributed by atoms with E-state index >= 15 is 0 Å². The lowest BCUT2D eigenvalue weighted by Gasteiger charge is -2.27. The first-order chi connectivity index (χ1) is 21.5. The van der Waals surface area contributed by atoms with Crippen LogP contribution in [0.4, 0.5) is 0 Å².